The van der Waals surface area contributed by atoms with Gasteiger partial charge in [0.05, 0.1) is 8.41 Å². The maximum absolute atomic E-state index is 5.36. The predicted molar refractivity (Wildman–Crippen MR) is 40.8 cm³/mol. The van der Waals surface area contributed by atoms with Crippen molar-refractivity contribution < 1.29 is 0 Å². The van der Waals surface area contributed by atoms with Gasteiger partial charge in [0.25, 0.3) is 0 Å². The summed E-state index contributed by atoms with van der Waals surface area (Å²) in [6, 6.07) is 9.49. The first-order chi connectivity index (χ1) is 3.39. The van der Waals surface area contributed by atoms with Gasteiger partial charge >= 0.3 is 0 Å². The molecule has 0 unspecified atom stereocenters. The fraction of sp³-hybridized carbons (Fsp3) is 0. The normalized spacial score (nSPS) is 7.50. The fourth-order valence-corrected chi connectivity index (χ4v) is 0.453. The van der Waals surface area contributed by atoms with Gasteiger partial charge in [-0.25, -0.2) is 0 Å². The molecule has 0 radical (unpaired) electrons. The Kier molecular flexibility index (Phi) is 2.78. The highest BCUT2D eigenvalue weighted by atomic mass is 14.5. The average molecular weight is 107 g/mol. The molecule has 0 saturated heterocycles. The van der Waals surface area contributed by atoms with E-state index in [0.29, 0.717) is 0 Å². The van der Waals surface area contributed by atoms with Gasteiger partial charge in [-0.05, 0) is 12.1 Å². The predicted octanol–water partition coefficient (Wildman–Crippen LogP) is 0.0849. The summed E-state index contributed by atoms with van der Waals surface area (Å²) in [5, 5.41) is 0. The Labute approximate surface area is 51.1 Å². The zero-order valence-corrected chi connectivity index (χ0v) is 3.96. The summed E-state index contributed by atoms with van der Waals surface area (Å²) in [7, 11) is 0. The minimum Gasteiger partial charge on any atom is -0.399 e. The molecule has 0 heterocycles. The molecule has 8 heavy (non-hydrogen) atoms. The second-order valence-corrected chi connectivity index (χ2v) is 1.41. The lowest BCUT2D eigenvalue weighted by Crippen LogP contribution is -1.79. The molecule has 1 rings (SSSR count). The van der Waals surface area contributed by atoms with Crippen molar-refractivity contribution in [3.63, 3.8) is 0 Å². The van der Waals surface area contributed by atoms with Gasteiger partial charge in [-0.3, -0.25) is 0 Å². The third kappa shape index (κ3) is 1.69. The quantitative estimate of drug-likeness (QED) is 0.369. The summed E-state index contributed by atoms with van der Waals surface area (Å²) in [6.07, 6.45) is 0. The molecular formula is C6H10BN. The second kappa shape index (κ2) is 3.13. The van der Waals surface area contributed by atoms with E-state index in [1.54, 1.807) is 0 Å². The molecule has 0 amide bonds. The molecule has 0 saturated carbocycles. The number of hydrogen-bond acceptors (Lipinski definition) is 1. The molecule has 2 N–H and O–H groups in total. The Morgan fingerprint density at radius 2 is 1.50 bits per heavy atom. The van der Waals surface area contributed by atoms with E-state index in [1.165, 1.54) is 0 Å². The van der Waals surface area contributed by atoms with E-state index in [4.69, 9.17) is 5.73 Å². The lowest BCUT2D eigenvalue weighted by Gasteiger charge is -1.83. The number of benzene rings is 1. The number of hydrogen-bond donors (Lipinski definition) is 1. The van der Waals surface area contributed by atoms with Gasteiger partial charge in [-0.15, -0.1) is 0 Å². The molecule has 0 aliphatic heterocycles. The third-order valence-corrected chi connectivity index (χ3v) is 0.800. The number of rotatable bonds is 0. The molecule has 0 fully saturated rings. The molecule has 0 bridgehead atoms. The van der Waals surface area contributed by atoms with E-state index in [2.05, 4.69) is 0 Å². The Hall–Kier alpha value is -0.915. The lowest BCUT2D eigenvalue weighted by atomic mass is 10.3. The second-order valence-electron chi connectivity index (χ2n) is 1.41. The van der Waals surface area contributed by atoms with Gasteiger partial charge in [-0.1, -0.05) is 18.2 Å². The average Bonchev–Trinajstić information content (AvgIpc) is 1.69. The van der Waals surface area contributed by atoms with Crippen LogP contribution >= 0.6 is 0 Å². The monoisotopic (exact) mass is 107 g/mol. The van der Waals surface area contributed by atoms with Crippen molar-refractivity contribution in [2.75, 3.05) is 5.73 Å². The van der Waals surface area contributed by atoms with E-state index < -0.39 is 0 Å². The van der Waals surface area contributed by atoms with Crippen molar-refractivity contribution in [3.8, 4) is 0 Å². The minimum absolute atomic E-state index is 0. The maximum atomic E-state index is 5.36. The third-order valence-electron chi connectivity index (χ3n) is 0.800. The molecule has 42 valence electrons. The topological polar surface area (TPSA) is 26.0 Å². The van der Waals surface area contributed by atoms with E-state index in [9.17, 15) is 0 Å². The molecule has 0 aliphatic carbocycles. The summed E-state index contributed by atoms with van der Waals surface area (Å²) in [4.78, 5) is 0. The van der Waals surface area contributed by atoms with Crippen molar-refractivity contribution in [2.24, 2.45) is 0 Å². The molecule has 0 aliphatic rings. The van der Waals surface area contributed by atoms with E-state index in [1.807, 2.05) is 30.3 Å². The van der Waals surface area contributed by atoms with Crippen LogP contribution in [-0.2, 0) is 0 Å². The first-order valence-electron chi connectivity index (χ1n) is 2.20. The van der Waals surface area contributed by atoms with E-state index >= 15 is 0 Å². The highest BCUT2D eigenvalue weighted by molar-refractivity contribution is 5.75. The maximum Gasteiger partial charge on any atom is 0.0814 e. The fourth-order valence-electron chi connectivity index (χ4n) is 0.453. The Morgan fingerprint density at radius 1 is 1.00 bits per heavy atom. The van der Waals surface area contributed by atoms with Gasteiger partial charge < -0.3 is 5.73 Å². The Balaban J connectivity index is 0.000000490. The molecule has 0 spiro atoms. The number of nitrogens with two attached hydrogens (primary N) is 1. The number of anilines is 1. The van der Waals surface area contributed by atoms with E-state index in [-0.39, 0.29) is 8.41 Å². The van der Waals surface area contributed by atoms with Crippen LogP contribution in [-0.4, -0.2) is 8.41 Å². The summed E-state index contributed by atoms with van der Waals surface area (Å²) >= 11 is 0. The van der Waals surface area contributed by atoms with Crippen molar-refractivity contribution in [3.05, 3.63) is 30.3 Å². The smallest absolute Gasteiger partial charge is 0.0814 e. The zero-order chi connectivity index (χ0) is 5.11. The van der Waals surface area contributed by atoms with Gasteiger partial charge in [0, 0.05) is 5.69 Å². The SMILES string of the molecule is B.Nc1ccccc1. The number of para-hydroxylation sites is 1. The first kappa shape index (κ1) is 7.08. The van der Waals surface area contributed by atoms with Crippen LogP contribution in [0.3, 0.4) is 0 Å². The van der Waals surface area contributed by atoms with Crippen molar-refractivity contribution >= 4 is 14.1 Å². The lowest BCUT2D eigenvalue weighted by molar-refractivity contribution is 1.69. The molecular weight excluding hydrogens is 96.9 g/mol. The Morgan fingerprint density at radius 3 is 1.75 bits per heavy atom. The van der Waals surface area contributed by atoms with Crippen molar-refractivity contribution in [2.45, 2.75) is 0 Å². The van der Waals surface area contributed by atoms with Crippen LogP contribution < -0.4 is 5.73 Å². The summed E-state index contributed by atoms with van der Waals surface area (Å²) in [5.74, 6) is 0. The summed E-state index contributed by atoms with van der Waals surface area (Å²) < 4.78 is 0. The Bertz CT molecular complexity index is 138. The molecule has 1 nitrogen and oxygen atoms in total. The van der Waals surface area contributed by atoms with Crippen LogP contribution in [0.5, 0.6) is 0 Å². The first-order valence-corrected chi connectivity index (χ1v) is 2.20. The molecule has 2 heteroatoms. The van der Waals surface area contributed by atoms with Gasteiger partial charge in [0.2, 0.25) is 0 Å². The van der Waals surface area contributed by atoms with Crippen LogP contribution in [0.4, 0.5) is 5.69 Å². The minimum atomic E-state index is 0. The molecule has 1 aromatic carbocycles. The highest BCUT2D eigenvalue weighted by Crippen LogP contribution is 1.95. The van der Waals surface area contributed by atoms with E-state index in [0.717, 1.165) is 5.69 Å². The van der Waals surface area contributed by atoms with Crippen LogP contribution in [0.15, 0.2) is 30.3 Å². The number of nitrogen functional groups attached to an aromatic ring is 1. The molecule has 0 aromatic heterocycles. The summed E-state index contributed by atoms with van der Waals surface area (Å²) in [5.41, 5.74) is 6.18. The van der Waals surface area contributed by atoms with Gasteiger partial charge in [0.15, 0.2) is 0 Å². The summed E-state index contributed by atoms with van der Waals surface area (Å²) in [6.45, 7) is 0. The molecule has 0 atom stereocenters. The van der Waals surface area contributed by atoms with Gasteiger partial charge in [0.1, 0.15) is 0 Å². The van der Waals surface area contributed by atoms with Gasteiger partial charge in [-0.2, -0.15) is 0 Å². The van der Waals surface area contributed by atoms with Crippen LogP contribution in [0.2, 0.25) is 0 Å². The highest BCUT2D eigenvalue weighted by Gasteiger charge is 1.72. The zero-order valence-electron chi connectivity index (χ0n) is 3.96. The van der Waals surface area contributed by atoms with Crippen LogP contribution in [0.1, 0.15) is 0 Å². The van der Waals surface area contributed by atoms with Crippen molar-refractivity contribution in [1.82, 2.24) is 0 Å². The molecule has 1 aromatic rings. The van der Waals surface area contributed by atoms with Crippen LogP contribution in [0, 0.1) is 0 Å². The standard InChI is InChI=1S/C6H7N.BH3/c7-6-4-2-1-3-5-6;/h1-5H,7H2;1H3. The van der Waals surface area contributed by atoms with Crippen LogP contribution in [0.25, 0.3) is 0 Å². The van der Waals surface area contributed by atoms with Crippen molar-refractivity contribution in [1.29, 1.82) is 0 Å². The largest absolute Gasteiger partial charge is 0.399 e.